The van der Waals surface area contributed by atoms with Crippen LogP contribution in [0.3, 0.4) is 0 Å². The first-order valence-corrected chi connectivity index (χ1v) is 6.68. The van der Waals surface area contributed by atoms with Crippen molar-refractivity contribution in [2.24, 2.45) is 5.84 Å². The third-order valence-electron chi connectivity index (χ3n) is 2.84. The van der Waals surface area contributed by atoms with E-state index in [9.17, 15) is 0 Å². The number of aromatic nitrogens is 2. The van der Waals surface area contributed by atoms with Crippen LogP contribution in [0.4, 0.5) is 0 Å². The van der Waals surface area contributed by atoms with Crippen molar-refractivity contribution in [3.8, 4) is 0 Å². The fraction of sp³-hybridized carbons (Fsp3) is 0.417. The normalized spacial score (nSPS) is 12.9. The van der Waals surface area contributed by atoms with E-state index in [0.29, 0.717) is 4.67 Å². The summed E-state index contributed by atoms with van der Waals surface area (Å²) in [7, 11) is 0. The number of nitrogens with one attached hydrogen (secondary N) is 1. The van der Waals surface area contributed by atoms with Gasteiger partial charge in [0.1, 0.15) is 5.76 Å². The number of aryl methyl sites for hydroxylation is 2. The Bertz CT molecular complexity index is 520. The van der Waals surface area contributed by atoms with Gasteiger partial charge in [-0.1, -0.05) is 0 Å². The van der Waals surface area contributed by atoms with Crippen LogP contribution in [0.15, 0.2) is 27.3 Å². The zero-order valence-corrected chi connectivity index (χ0v) is 12.1. The molecule has 0 aromatic carbocycles. The molecular formula is C12H17BrN4O. The Kier molecular flexibility index (Phi) is 4.21. The van der Waals surface area contributed by atoms with Crippen LogP contribution in [-0.4, -0.2) is 9.78 Å². The van der Waals surface area contributed by atoms with Crippen LogP contribution in [0.1, 0.15) is 30.1 Å². The molecule has 1 unspecified atom stereocenters. The topological polar surface area (TPSA) is 69.0 Å². The van der Waals surface area contributed by atoms with Crippen LogP contribution in [-0.2, 0) is 13.0 Å². The van der Waals surface area contributed by atoms with Crippen molar-refractivity contribution in [2.75, 3.05) is 0 Å². The highest BCUT2D eigenvalue weighted by Crippen LogP contribution is 2.23. The maximum Gasteiger partial charge on any atom is 0.169 e. The van der Waals surface area contributed by atoms with Gasteiger partial charge in [0.2, 0.25) is 0 Å². The smallest absolute Gasteiger partial charge is 0.169 e. The number of hydrazine groups is 1. The number of furan rings is 1. The number of nitrogens with two attached hydrogens (primary N) is 1. The quantitative estimate of drug-likeness (QED) is 0.656. The Labute approximate surface area is 114 Å². The molecule has 2 aromatic rings. The second-order valence-corrected chi connectivity index (χ2v) is 4.94. The van der Waals surface area contributed by atoms with E-state index in [2.05, 4.69) is 39.4 Å². The van der Waals surface area contributed by atoms with Crippen LogP contribution >= 0.6 is 15.9 Å². The standard InChI is InChI=1S/C12H17BrN4O/c1-3-17-9(6-8(2)16-17)7-10(15-14)11-4-5-12(13)18-11/h4-6,10,15H,3,7,14H2,1-2H3. The molecule has 5 nitrogen and oxygen atoms in total. The average Bonchev–Trinajstić information content (AvgIpc) is 2.92. The lowest BCUT2D eigenvalue weighted by molar-refractivity contribution is 0.398. The minimum absolute atomic E-state index is 0.0577. The van der Waals surface area contributed by atoms with E-state index in [1.54, 1.807) is 0 Å². The molecule has 2 aromatic heterocycles. The van der Waals surface area contributed by atoms with Crippen molar-refractivity contribution in [1.82, 2.24) is 15.2 Å². The molecule has 6 heteroatoms. The van der Waals surface area contributed by atoms with E-state index < -0.39 is 0 Å². The Hall–Kier alpha value is -1.11. The van der Waals surface area contributed by atoms with E-state index in [4.69, 9.17) is 10.3 Å². The largest absolute Gasteiger partial charge is 0.453 e. The first-order valence-electron chi connectivity index (χ1n) is 5.88. The summed E-state index contributed by atoms with van der Waals surface area (Å²) in [6, 6.07) is 5.79. The first-order chi connectivity index (χ1) is 8.63. The summed E-state index contributed by atoms with van der Waals surface area (Å²) in [5.74, 6) is 6.42. The monoisotopic (exact) mass is 312 g/mol. The summed E-state index contributed by atoms with van der Waals surface area (Å²) < 4.78 is 8.22. The van der Waals surface area contributed by atoms with Gasteiger partial charge in [0.05, 0.1) is 11.7 Å². The lowest BCUT2D eigenvalue weighted by Gasteiger charge is -2.13. The molecule has 98 valence electrons. The van der Waals surface area contributed by atoms with Crippen LogP contribution in [0, 0.1) is 6.92 Å². The summed E-state index contributed by atoms with van der Waals surface area (Å²) in [5.41, 5.74) is 4.95. The van der Waals surface area contributed by atoms with Gasteiger partial charge in [-0.25, -0.2) is 5.43 Å². The summed E-state index contributed by atoms with van der Waals surface area (Å²) in [5, 5.41) is 4.42. The van der Waals surface area contributed by atoms with Gasteiger partial charge < -0.3 is 4.42 Å². The van der Waals surface area contributed by atoms with Crippen LogP contribution in [0.5, 0.6) is 0 Å². The Morgan fingerprint density at radius 1 is 1.56 bits per heavy atom. The van der Waals surface area contributed by atoms with Crippen LogP contribution in [0.25, 0.3) is 0 Å². The summed E-state index contributed by atoms with van der Waals surface area (Å²) in [6.45, 7) is 4.91. The molecule has 0 radical (unpaired) electrons. The maximum absolute atomic E-state index is 5.61. The molecule has 1 atom stereocenters. The van der Waals surface area contributed by atoms with Gasteiger partial charge in [-0.05, 0) is 48.0 Å². The summed E-state index contributed by atoms with van der Waals surface area (Å²) in [4.78, 5) is 0. The molecule has 0 saturated heterocycles. The highest BCUT2D eigenvalue weighted by Gasteiger charge is 2.17. The predicted molar refractivity (Wildman–Crippen MR) is 72.8 cm³/mol. The Balaban J connectivity index is 2.19. The van der Waals surface area contributed by atoms with Gasteiger partial charge in [0.25, 0.3) is 0 Å². The van der Waals surface area contributed by atoms with Crippen molar-refractivity contribution < 1.29 is 4.42 Å². The number of hydrogen-bond donors (Lipinski definition) is 2. The zero-order valence-electron chi connectivity index (χ0n) is 10.5. The Morgan fingerprint density at radius 2 is 2.33 bits per heavy atom. The van der Waals surface area contributed by atoms with Gasteiger partial charge in [0, 0.05) is 18.7 Å². The van der Waals surface area contributed by atoms with E-state index in [-0.39, 0.29) is 6.04 Å². The summed E-state index contributed by atoms with van der Waals surface area (Å²) >= 11 is 3.29. The number of rotatable bonds is 5. The minimum atomic E-state index is -0.0577. The van der Waals surface area contributed by atoms with Crippen LogP contribution < -0.4 is 11.3 Å². The number of nitrogens with zero attached hydrogens (tertiary/aromatic N) is 2. The SMILES string of the molecule is CCn1nc(C)cc1CC(NN)c1ccc(Br)o1. The van der Waals surface area contributed by atoms with Gasteiger partial charge in [-0.2, -0.15) is 5.10 Å². The van der Waals surface area contributed by atoms with Gasteiger partial charge in [0.15, 0.2) is 4.67 Å². The zero-order chi connectivity index (χ0) is 13.1. The van der Waals surface area contributed by atoms with E-state index >= 15 is 0 Å². The van der Waals surface area contributed by atoms with Crippen molar-refractivity contribution in [1.29, 1.82) is 0 Å². The lowest BCUT2D eigenvalue weighted by Crippen LogP contribution is -2.30. The number of halogens is 1. The van der Waals surface area contributed by atoms with E-state index in [1.807, 2.05) is 23.7 Å². The molecule has 0 aliphatic heterocycles. The third-order valence-corrected chi connectivity index (χ3v) is 3.26. The van der Waals surface area contributed by atoms with E-state index in [0.717, 1.165) is 30.1 Å². The molecule has 2 rings (SSSR count). The van der Waals surface area contributed by atoms with Gasteiger partial charge in [-0.3, -0.25) is 10.5 Å². The van der Waals surface area contributed by atoms with Crippen molar-refractivity contribution in [3.05, 3.63) is 40.0 Å². The molecule has 2 heterocycles. The molecule has 0 aliphatic carbocycles. The lowest BCUT2D eigenvalue weighted by atomic mass is 10.1. The summed E-state index contributed by atoms with van der Waals surface area (Å²) in [6.07, 6.45) is 0.741. The molecule has 0 fully saturated rings. The second kappa shape index (κ2) is 5.69. The third kappa shape index (κ3) is 2.82. The second-order valence-electron chi connectivity index (χ2n) is 4.16. The molecule has 0 amide bonds. The molecule has 18 heavy (non-hydrogen) atoms. The maximum atomic E-state index is 5.61. The van der Waals surface area contributed by atoms with Crippen molar-refractivity contribution >= 4 is 15.9 Å². The average molecular weight is 313 g/mol. The van der Waals surface area contributed by atoms with Crippen LogP contribution in [0.2, 0.25) is 0 Å². The fourth-order valence-electron chi connectivity index (χ4n) is 2.00. The molecule has 3 N–H and O–H groups in total. The highest BCUT2D eigenvalue weighted by atomic mass is 79.9. The molecule has 0 saturated carbocycles. The van der Waals surface area contributed by atoms with Gasteiger partial charge in [-0.15, -0.1) is 0 Å². The van der Waals surface area contributed by atoms with Gasteiger partial charge >= 0.3 is 0 Å². The number of hydrogen-bond acceptors (Lipinski definition) is 4. The first kappa shape index (κ1) is 13.3. The van der Waals surface area contributed by atoms with Crippen molar-refractivity contribution in [3.63, 3.8) is 0 Å². The van der Waals surface area contributed by atoms with E-state index in [1.165, 1.54) is 0 Å². The fourth-order valence-corrected chi connectivity index (χ4v) is 2.32. The van der Waals surface area contributed by atoms with Crippen molar-refractivity contribution in [2.45, 2.75) is 32.9 Å². The predicted octanol–water partition coefficient (Wildman–Crippen LogP) is 2.31. The molecular weight excluding hydrogens is 296 g/mol. The minimum Gasteiger partial charge on any atom is -0.453 e. The molecule has 0 bridgehead atoms. The molecule has 0 spiro atoms. The highest BCUT2D eigenvalue weighted by molar-refractivity contribution is 9.10. The molecule has 0 aliphatic rings. The Morgan fingerprint density at radius 3 is 2.89 bits per heavy atom.